The van der Waals surface area contributed by atoms with Gasteiger partial charge in [-0.25, -0.2) is 14.8 Å². The number of piperidine rings is 1. The number of carbonyl (C=O) groups excluding carboxylic acids is 2. The minimum atomic E-state index is -0.257. The molecule has 0 aromatic carbocycles. The van der Waals surface area contributed by atoms with Gasteiger partial charge in [0.25, 0.3) is 5.91 Å². The number of carbonyl (C=O) groups is 2. The molecular formula is C18H29N6O3+. The molecule has 0 spiro atoms. The maximum absolute atomic E-state index is 12.4. The van der Waals surface area contributed by atoms with Crippen LogP contribution in [0, 0.1) is 0 Å². The quantitative estimate of drug-likeness (QED) is 0.678. The van der Waals surface area contributed by atoms with Crippen LogP contribution in [0.1, 0.15) is 19.8 Å². The van der Waals surface area contributed by atoms with Crippen LogP contribution < -0.4 is 15.1 Å². The topological polar surface area (TPSA) is 92.1 Å². The van der Waals surface area contributed by atoms with Crippen LogP contribution in [-0.2, 0) is 9.53 Å². The molecule has 1 aromatic heterocycles. The van der Waals surface area contributed by atoms with Gasteiger partial charge in [-0.3, -0.25) is 4.79 Å². The van der Waals surface area contributed by atoms with Crippen molar-refractivity contribution in [2.24, 2.45) is 0 Å². The maximum atomic E-state index is 12.4. The second-order valence-electron chi connectivity index (χ2n) is 6.99. The predicted molar refractivity (Wildman–Crippen MR) is 99.6 cm³/mol. The number of aromatic nitrogens is 2. The number of ether oxygens (including phenoxy) is 1. The molecule has 2 N–H and O–H groups in total. The maximum Gasteiger partial charge on any atom is 0.409 e. The molecule has 2 fully saturated rings. The fourth-order valence-electron chi connectivity index (χ4n) is 3.58. The highest BCUT2D eigenvalue weighted by molar-refractivity contribution is 5.77. The van der Waals surface area contributed by atoms with Gasteiger partial charge in [0.05, 0.1) is 32.8 Å². The molecule has 0 radical (unpaired) electrons. The molecule has 0 aliphatic carbocycles. The Morgan fingerprint density at radius 1 is 1.19 bits per heavy atom. The molecule has 0 saturated carbocycles. The zero-order chi connectivity index (χ0) is 19.1. The Hall–Kier alpha value is -2.42. The van der Waals surface area contributed by atoms with Crippen molar-refractivity contribution < 1.29 is 19.2 Å². The summed E-state index contributed by atoms with van der Waals surface area (Å²) in [6.45, 7) is 7.44. The van der Waals surface area contributed by atoms with Crippen molar-refractivity contribution in [3.8, 4) is 0 Å². The van der Waals surface area contributed by atoms with Gasteiger partial charge in [0.2, 0.25) is 5.95 Å². The van der Waals surface area contributed by atoms with E-state index in [0.717, 1.165) is 45.0 Å². The van der Waals surface area contributed by atoms with Crippen LogP contribution in [-0.4, -0.2) is 85.3 Å². The lowest BCUT2D eigenvalue weighted by Gasteiger charge is -2.33. The molecule has 148 valence electrons. The highest BCUT2D eigenvalue weighted by atomic mass is 16.6. The average Bonchev–Trinajstić information content (AvgIpc) is 2.70. The van der Waals surface area contributed by atoms with Crippen molar-refractivity contribution in [3.05, 3.63) is 18.5 Å². The number of quaternary nitrogens is 1. The summed E-state index contributed by atoms with van der Waals surface area (Å²) in [5.74, 6) is 0.846. The number of rotatable bonds is 5. The summed E-state index contributed by atoms with van der Waals surface area (Å²) in [7, 11) is 0. The van der Waals surface area contributed by atoms with E-state index in [1.807, 2.05) is 6.07 Å². The normalized spacial score (nSPS) is 19.0. The molecule has 9 heteroatoms. The zero-order valence-electron chi connectivity index (χ0n) is 15.9. The highest BCUT2D eigenvalue weighted by Gasteiger charge is 2.27. The predicted octanol–water partition coefficient (Wildman–Crippen LogP) is -1.08. The fourth-order valence-corrected chi connectivity index (χ4v) is 3.58. The summed E-state index contributed by atoms with van der Waals surface area (Å²) in [4.78, 5) is 37.8. The van der Waals surface area contributed by atoms with Gasteiger partial charge in [-0.1, -0.05) is 0 Å². The Labute approximate surface area is 159 Å². The van der Waals surface area contributed by atoms with Crippen LogP contribution in [0.25, 0.3) is 0 Å². The Balaban J connectivity index is 1.35. The van der Waals surface area contributed by atoms with Crippen molar-refractivity contribution >= 4 is 17.9 Å². The highest BCUT2D eigenvalue weighted by Crippen LogP contribution is 2.11. The first-order valence-corrected chi connectivity index (χ1v) is 9.72. The van der Waals surface area contributed by atoms with Crippen LogP contribution in [0.3, 0.4) is 0 Å². The summed E-state index contributed by atoms with van der Waals surface area (Å²) in [6, 6.07) is 1.95. The van der Waals surface area contributed by atoms with E-state index in [0.29, 0.717) is 26.2 Å². The second-order valence-corrected chi connectivity index (χ2v) is 6.99. The molecule has 0 unspecified atom stereocenters. The number of hydrogen-bond acceptors (Lipinski definition) is 6. The van der Waals surface area contributed by atoms with E-state index in [9.17, 15) is 9.59 Å². The summed E-state index contributed by atoms with van der Waals surface area (Å²) in [6.07, 6.45) is 4.80. The molecule has 27 heavy (non-hydrogen) atoms. The first-order chi connectivity index (χ1) is 13.2. The molecular weight excluding hydrogens is 348 g/mol. The molecule has 1 aromatic rings. The number of piperazine rings is 1. The standard InChI is InChI=1S/C18H28N6O3/c1-2-27-18(26)24-8-4-15(5-9-24)21-16(25)14-22-10-12-23(13-11-22)17-19-6-3-7-20-17/h3,6-7,15H,2,4-5,8-14H2,1H3,(H,21,25)/p+1. The van der Waals surface area contributed by atoms with E-state index in [-0.39, 0.29) is 18.0 Å². The third kappa shape index (κ3) is 5.53. The molecule has 2 amide bonds. The van der Waals surface area contributed by atoms with Crippen LogP contribution in [0.5, 0.6) is 0 Å². The number of hydrogen-bond donors (Lipinski definition) is 2. The van der Waals surface area contributed by atoms with Gasteiger partial charge in [-0.2, -0.15) is 0 Å². The van der Waals surface area contributed by atoms with Gasteiger partial charge < -0.3 is 24.8 Å². The molecule has 3 rings (SSSR count). The third-order valence-corrected chi connectivity index (χ3v) is 5.10. The Morgan fingerprint density at radius 3 is 2.48 bits per heavy atom. The largest absolute Gasteiger partial charge is 0.450 e. The van der Waals surface area contributed by atoms with Gasteiger partial charge in [0.15, 0.2) is 6.54 Å². The van der Waals surface area contributed by atoms with E-state index in [1.54, 1.807) is 24.2 Å². The second kappa shape index (κ2) is 9.50. The minimum absolute atomic E-state index is 0.0870. The van der Waals surface area contributed by atoms with Crippen LogP contribution in [0.15, 0.2) is 18.5 Å². The zero-order valence-corrected chi connectivity index (χ0v) is 15.9. The third-order valence-electron chi connectivity index (χ3n) is 5.10. The van der Waals surface area contributed by atoms with Gasteiger partial charge >= 0.3 is 6.09 Å². The summed E-state index contributed by atoms with van der Waals surface area (Å²) < 4.78 is 5.02. The van der Waals surface area contributed by atoms with Crippen molar-refractivity contribution in [2.45, 2.75) is 25.8 Å². The molecule has 2 aliphatic rings. The van der Waals surface area contributed by atoms with E-state index < -0.39 is 0 Å². The Bertz CT molecular complexity index is 613. The van der Waals surface area contributed by atoms with Crippen molar-refractivity contribution in [3.63, 3.8) is 0 Å². The van der Waals surface area contributed by atoms with Crippen molar-refractivity contribution in [1.82, 2.24) is 20.2 Å². The number of nitrogens with one attached hydrogen (secondary N) is 2. The van der Waals surface area contributed by atoms with Gasteiger partial charge in [0, 0.05) is 31.5 Å². The first kappa shape index (κ1) is 19.3. The number of amides is 2. The minimum Gasteiger partial charge on any atom is -0.450 e. The van der Waals surface area contributed by atoms with Crippen molar-refractivity contribution in [2.75, 3.05) is 57.3 Å². The molecule has 3 heterocycles. The number of nitrogens with zero attached hydrogens (tertiary/aromatic N) is 4. The van der Waals surface area contributed by atoms with E-state index in [4.69, 9.17) is 4.74 Å². The lowest BCUT2D eigenvalue weighted by Crippen LogP contribution is -3.16. The monoisotopic (exact) mass is 377 g/mol. The van der Waals surface area contributed by atoms with E-state index in [1.165, 1.54) is 4.90 Å². The Morgan fingerprint density at radius 2 is 1.85 bits per heavy atom. The van der Waals surface area contributed by atoms with Crippen LogP contribution in [0.4, 0.5) is 10.7 Å². The lowest BCUT2D eigenvalue weighted by atomic mass is 10.1. The fraction of sp³-hybridized carbons (Fsp3) is 0.667. The summed E-state index contributed by atoms with van der Waals surface area (Å²) >= 11 is 0. The smallest absolute Gasteiger partial charge is 0.409 e. The van der Waals surface area contributed by atoms with Gasteiger partial charge in [0.1, 0.15) is 0 Å². The molecule has 0 bridgehead atoms. The van der Waals surface area contributed by atoms with Crippen LogP contribution >= 0.6 is 0 Å². The molecule has 2 aliphatic heterocycles. The average molecular weight is 377 g/mol. The molecule has 0 atom stereocenters. The lowest BCUT2D eigenvalue weighted by molar-refractivity contribution is -0.892. The Kier molecular flexibility index (Phi) is 6.80. The van der Waals surface area contributed by atoms with E-state index >= 15 is 0 Å². The van der Waals surface area contributed by atoms with Crippen LogP contribution in [0.2, 0.25) is 0 Å². The molecule has 2 saturated heterocycles. The van der Waals surface area contributed by atoms with E-state index in [2.05, 4.69) is 20.2 Å². The number of likely N-dealkylation sites (tertiary alicyclic amines) is 1. The first-order valence-electron chi connectivity index (χ1n) is 9.72. The summed E-state index contributed by atoms with van der Waals surface area (Å²) in [5, 5.41) is 3.12. The van der Waals surface area contributed by atoms with Gasteiger partial charge in [-0.15, -0.1) is 0 Å². The van der Waals surface area contributed by atoms with Gasteiger partial charge in [-0.05, 0) is 25.8 Å². The molecule has 9 nitrogen and oxygen atoms in total. The number of anilines is 1. The van der Waals surface area contributed by atoms with Crippen molar-refractivity contribution in [1.29, 1.82) is 0 Å². The SMILES string of the molecule is CCOC(=O)N1CCC(NC(=O)C[NH+]2CCN(c3ncccn3)CC2)CC1. The summed E-state index contributed by atoms with van der Waals surface area (Å²) in [5.41, 5.74) is 0.